The van der Waals surface area contributed by atoms with Crippen LogP contribution in [0.25, 0.3) is 16.6 Å². The molecular formula is C28H35N3O2. The summed E-state index contributed by atoms with van der Waals surface area (Å²) < 4.78 is 5.42. The van der Waals surface area contributed by atoms with E-state index in [2.05, 4.69) is 52.3 Å². The fraction of sp³-hybridized carbons (Fsp3) is 0.464. The molecule has 0 radical (unpaired) electrons. The molecule has 0 unspecified atom stereocenters. The first-order valence-electron chi connectivity index (χ1n) is 12.2. The lowest BCUT2D eigenvalue weighted by Gasteiger charge is -2.48. The van der Waals surface area contributed by atoms with Gasteiger partial charge in [0, 0.05) is 18.9 Å². The summed E-state index contributed by atoms with van der Waals surface area (Å²) in [6, 6.07) is 16.5. The third-order valence-corrected chi connectivity index (χ3v) is 7.66. The number of H-pyrrole nitrogens is 1. The molecule has 2 N–H and O–H groups in total. The lowest BCUT2D eigenvalue weighted by atomic mass is 9.61. The molecule has 1 aromatic heterocycles. The van der Waals surface area contributed by atoms with Crippen LogP contribution in [0.2, 0.25) is 0 Å². The van der Waals surface area contributed by atoms with Crippen molar-refractivity contribution in [1.82, 2.24) is 14.9 Å². The third-order valence-electron chi connectivity index (χ3n) is 7.66. The largest absolute Gasteiger partial charge is 0.497 e. The van der Waals surface area contributed by atoms with Crippen LogP contribution in [0, 0.1) is 11.8 Å². The molecule has 33 heavy (non-hydrogen) atoms. The Kier molecular flexibility index (Phi) is 6.26. The van der Waals surface area contributed by atoms with Crippen molar-refractivity contribution in [2.24, 2.45) is 11.8 Å². The number of ether oxygens (including phenoxy) is 1. The summed E-state index contributed by atoms with van der Waals surface area (Å²) in [5.41, 5.74) is 4.20. The van der Waals surface area contributed by atoms with Crippen molar-refractivity contribution in [3.8, 4) is 5.75 Å². The predicted octanol–water partition coefficient (Wildman–Crippen LogP) is 5.07. The molecule has 0 aliphatic heterocycles. The molecular weight excluding hydrogens is 410 g/mol. The van der Waals surface area contributed by atoms with Crippen molar-refractivity contribution in [3.63, 3.8) is 0 Å². The van der Waals surface area contributed by atoms with Gasteiger partial charge in [0.25, 0.3) is 0 Å². The predicted molar refractivity (Wildman–Crippen MR) is 133 cm³/mol. The number of fused-ring (bicyclic) bond motifs is 3. The maximum Gasteiger partial charge on any atom is 0.119 e. The Balaban J connectivity index is 1.15. The second-order valence-electron chi connectivity index (χ2n) is 9.90. The van der Waals surface area contributed by atoms with Gasteiger partial charge in [0.05, 0.1) is 23.7 Å². The summed E-state index contributed by atoms with van der Waals surface area (Å²) in [6.07, 6.45) is 8.31. The molecule has 5 heteroatoms. The normalized spacial score (nSPS) is 24.4. The van der Waals surface area contributed by atoms with Gasteiger partial charge in [-0.05, 0) is 87.0 Å². The molecule has 0 saturated heterocycles. The summed E-state index contributed by atoms with van der Waals surface area (Å²) in [5.74, 6) is 2.63. The maximum atomic E-state index is 11.5. The number of aliphatic hydroxyl groups is 1. The Hall–Kier alpha value is -2.63. The number of para-hydroxylation sites is 2. The van der Waals surface area contributed by atoms with E-state index < -0.39 is 5.60 Å². The first kappa shape index (κ1) is 22.2. The monoisotopic (exact) mass is 445 g/mol. The quantitative estimate of drug-likeness (QED) is 0.483. The molecule has 3 aromatic rings. The Bertz CT molecular complexity index is 1100. The molecule has 1 heterocycles. The minimum Gasteiger partial charge on any atom is -0.497 e. The van der Waals surface area contributed by atoms with E-state index in [-0.39, 0.29) is 5.92 Å². The highest BCUT2D eigenvalue weighted by molar-refractivity contribution is 5.74. The zero-order chi connectivity index (χ0) is 22.8. The molecule has 1 fully saturated rings. The zero-order valence-electron chi connectivity index (χ0n) is 19.8. The molecule has 2 aromatic carbocycles. The van der Waals surface area contributed by atoms with E-state index in [4.69, 9.17) is 4.74 Å². The molecule has 5 nitrogen and oxygen atoms in total. The number of rotatable bonds is 9. The van der Waals surface area contributed by atoms with Gasteiger partial charge in [0.1, 0.15) is 11.6 Å². The number of nitrogens with one attached hydrogen (secondary N) is 1. The lowest BCUT2D eigenvalue weighted by molar-refractivity contribution is -0.0574. The molecule has 1 saturated carbocycles. The summed E-state index contributed by atoms with van der Waals surface area (Å²) >= 11 is 0. The Morgan fingerprint density at radius 1 is 1.15 bits per heavy atom. The van der Waals surface area contributed by atoms with Gasteiger partial charge in [0.15, 0.2) is 0 Å². The average Bonchev–Trinajstić information content (AvgIpc) is 3.26. The third kappa shape index (κ3) is 4.71. The van der Waals surface area contributed by atoms with E-state index in [1.165, 1.54) is 17.6 Å². The highest BCUT2D eigenvalue weighted by Crippen LogP contribution is 2.51. The van der Waals surface area contributed by atoms with Gasteiger partial charge in [-0.25, -0.2) is 4.98 Å². The fourth-order valence-corrected chi connectivity index (χ4v) is 5.75. The van der Waals surface area contributed by atoms with Crippen molar-refractivity contribution in [2.45, 2.75) is 44.1 Å². The Morgan fingerprint density at radius 2 is 2.03 bits per heavy atom. The van der Waals surface area contributed by atoms with Gasteiger partial charge in [-0.2, -0.15) is 0 Å². The van der Waals surface area contributed by atoms with Crippen LogP contribution in [0.3, 0.4) is 0 Å². The maximum absolute atomic E-state index is 11.5. The molecule has 0 spiro atoms. The number of nitrogens with zero attached hydrogens (tertiary/aromatic N) is 2. The Labute approximate surface area is 196 Å². The van der Waals surface area contributed by atoms with Gasteiger partial charge in [-0.3, -0.25) is 0 Å². The number of hydrogen-bond acceptors (Lipinski definition) is 4. The molecule has 6 rings (SSSR count). The highest BCUT2D eigenvalue weighted by Gasteiger charge is 2.46. The summed E-state index contributed by atoms with van der Waals surface area (Å²) in [7, 11) is 3.88. The summed E-state index contributed by atoms with van der Waals surface area (Å²) in [4.78, 5) is 10.5. The number of aromatic nitrogens is 2. The van der Waals surface area contributed by atoms with Crippen LogP contribution in [-0.2, 0) is 6.42 Å². The van der Waals surface area contributed by atoms with E-state index in [1.807, 2.05) is 24.3 Å². The summed E-state index contributed by atoms with van der Waals surface area (Å²) in [6.45, 7) is 1.92. The topological polar surface area (TPSA) is 61.4 Å². The second kappa shape index (κ2) is 9.32. The van der Waals surface area contributed by atoms with Gasteiger partial charge in [0.2, 0.25) is 0 Å². The van der Waals surface area contributed by atoms with Crippen LogP contribution in [-0.4, -0.2) is 52.8 Å². The van der Waals surface area contributed by atoms with E-state index in [1.54, 1.807) is 7.11 Å². The number of imidazole rings is 1. The van der Waals surface area contributed by atoms with Gasteiger partial charge in [-0.15, -0.1) is 0 Å². The highest BCUT2D eigenvalue weighted by atomic mass is 16.5. The molecule has 2 bridgehead atoms. The van der Waals surface area contributed by atoms with Crippen LogP contribution < -0.4 is 4.74 Å². The van der Waals surface area contributed by atoms with Crippen molar-refractivity contribution in [3.05, 3.63) is 66.0 Å². The van der Waals surface area contributed by atoms with Gasteiger partial charge >= 0.3 is 0 Å². The number of aryl methyl sites for hydroxylation is 1. The average molecular weight is 446 g/mol. The molecule has 174 valence electrons. The van der Waals surface area contributed by atoms with Crippen LogP contribution in [0.4, 0.5) is 0 Å². The molecule has 3 aliphatic rings. The number of allylic oxidation sites excluding steroid dienone is 1. The van der Waals surface area contributed by atoms with Crippen molar-refractivity contribution in [2.75, 3.05) is 27.2 Å². The standard InChI is InChI=1S/C28H35N3O2/c1-31(15-6-11-27-29-25-9-3-4-10-26(25)30-27)16-14-28(32)19-21-12-13-22(28)18-24(21)20-7-5-8-23(17-20)33-2/h3-5,7-10,17-18,21-22,32H,6,11-16,19H2,1-2H3,(H,29,30)/t21-,22-,28+/m0/s1. The van der Waals surface area contributed by atoms with E-state index >= 15 is 0 Å². The second-order valence-corrected chi connectivity index (χ2v) is 9.90. The number of methoxy groups -OCH3 is 1. The molecule has 3 atom stereocenters. The van der Waals surface area contributed by atoms with Crippen LogP contribution >= 0.6 is 0 Å². The van der Waals surface area contributed by atoms with Crippen molar-refractivity contribution < 1.29 is 9.84 Å². The van der Waals surface area contributed by atoms with Crippen LogP contribution in [0.15, 0.2) is 54.6 Å². The number of hydrogen-bond donors (Lipinski definition) is 2. The lowest BCUT2D eigenvalue weighted by Crippen LogP contribution is -2.48. The van der Waals surface area contributed by atoms with Crippen molar-refractivity contribution >= 4 is 16.6 Å². The fourth-order valence-electron chi connectivity index (χ4n) is 5.75. The minimum absolute atomic E-state index is 0.243. The van der Waals surface area contributed by atoms with Crippen LogP contribution in [0.5, 0.6) is 5.75 Å². The number of aromatic amines is 1. The summed E-state index contributed by atoms with van der Waals surface area (Å²) in [5, 5.41) is 11.5. The molecule has 0 amide bonds. The minimum atomic E-state index is -0.585. The van der Waals surface area contributed by atoms with Gasteiger partial charge in [-0.1, -0.05) is 30.3 Å². The van der Waals surface area contributed by atoms with E-state index in [0.717, 1.165) is 67.8 Å². The molecule has 3 aliphatic carbocycles. The van der Waals surface area contributed by atoms with E-state index in [0.29, 0.717) is 5.92 Å². The Morgan fingerprint density at radius 3 is 2.82 bits per heavy atom. The van der Waals surface area contributed by atoms with Crippen molar-refractivity contribution in [1.29, 1.82) is 0 Å². The SMILES string of the molecule is COc1cccc(C2=C[C@@H]3CC[C@H]2C[C@]3(O)CCN(C)CCCc2nc3ccccc3[nH]2)c1. The van der Waals surface area contributed by atoms with Crippen LogP contribution in [0.1, 0.15) is 43.5 Å². The van der Waals surface area contributed by atoms with Gasteiger partial charge < -0.3 is 19.7 Å². The smallest absolute Gasteiger partial charge is 0.119 e. The number of benzene rings is 2. The first-order valence-corrected chi connectivity index (χ1v) is 12.2. The first-order chi connectivity index (χ1) is 16.0. The zero-order valence-corrected chi connectivity index (χ0v) is 19.8. The van der Waals surface area contributed by atoms with E-state index in [9.17, 15) is 5.11 Å².